The zero-order chi connectivity index (χ0) is 50.7. The van der Waals surface area contributed by atoms with Gasteiger partial charge in [-0.05, 0) is 153 Å². The Bertz CT molecular complexity index is 2540. The van der Waals surface area contributed by atoms with Crippen molar-refractivity contribution in [2.24, 2.45) is 7.05 Å². The Hall–Kier alpha value is -3.08. The molecule has 7 N–H and O–H groups in total. The summed E-state index contributed by atoms with van der Waals surface area (Å²) in [5.41, 5.74) is 17.9. The largest absolute Gasteiger partial charge is 1.00 e. The van der Waals surface area contributed by atoms with Gasteiger partial charge in [-0.1, -0.05) is 50.1 Å². The SMILES string of the molecule is Brc1cccnc1.CN1CCC=C(Br)C1.CN1CCC=C(Br)C1.CN1CCC=C(n2cccc(N)c2=O)C1.CN1CCCC(n2cccc(N)c2=O)C1.C[n+]1cccc(Br)c1.Nc1ccc[nH]c1=O.[CH3-].[I-].[Pd]. The smallest absolute Gasteiger partial charge is 0.277 e. The number of nitrogens with one attached hydrogen (secondary N) is 1. The number of halogens is 5. The van der Waals surface area contributed by atoms with E-state index in [9.17, 15) is 14.4 Å². The van der Waals surface area contributed by atoms with Gasteiger partial charge in [-0.15, -0.1) is 0 Å². The molecule has 9 rings (SSSR count). The van der Waals surface area contributed by atoms with Crippen LogP contribution < -0.4 is 62.4 Å². The zero-order valence-electron chi connectivity index (χ0n) is 42.1. The quantitative estimate of drug-likeness (QED) is 0.0805. The van der Waals surface area contributed by atoms with E-state index in [2.05, 4.69) is 133 Å². The summed E-state index contributed by atoms with van der Waals surface area (Å²) in [7, 11) is 10.4. The van der Waals surface area contributed by atoms with Gasteiger partial charge >= 0.3 is 0 Å². The second kappa shape index (κ2) is 38.5. The monoisotopic (exact) mass is 1450 g/mol. The molecule has 0 radical (unpaired) electrons. The molecule has 400 valence electrons. The number of likely N-dealkylation sites (N-methyl/N-ethyl adjacent to an activating group) is 4. The maximum absolute atomic E-state index is 11.8. The third-order valence-electron chi connectivity index (χ3n) is 10.6. The van der Waals surface area contributed by atoms with Gasteiger partial charge in [0.25, 0.3) is 16.7 Å². The second-order valence-corrected chi connectivity index (χ2v) is 20.6. The molecule has 0 amide bonds. The van der Waals surface area contributed by atoms with Crippen molar-refractivity contribution in [3.63, 3.8) is 0 Å². The molecule has 0 spiro atoms. The minimum absolute atomic E-state index is 0. The number of nitrogens with two attached hydrogens (primary N) is 3. The van der Waals surface area contributed by atoms with Gasteiger partial charge in [0.15, 0.2) is 12.4 Å². The first-order valence-corrected chi connectivity index (χ1v) is 25.8. The van der Waals surface area contributed by atoms with E-state index in [1.54, 1.807) is 64.3 Å². The second-order valence-electron chi connectivity index (χ2n) is 16.8. The van der Waals surface area contributed by atoms with Crippen LogP contribution in [0.5, 0.6) is 0 Å². The molecule has 4 aliphatic rings. The molecule has 15 nitrogen and oxygen atoms in total. The Morgan fingerprint density at radius 3 is 1.65 bits per heavy atom. The Kier molecular flexibility index (Phi) is 36.8. The Balaban J connectivity index is 0.000000830. The van der Waals surface area contributed by atoms with Crippen molar-refractivity contribution in [2.75, 3.05) is 97.7 Å². The topological polar surface area (TPSA) is 185 Å². The minimum Gasteiger partial charge on any atom is -1.00 e. The van der Waals surface area contributed by atoms with E-state index in [1.165, 1.54) is 34.9 Å². The predicted octanol–water partition coefficient (Wildman–Crippen LogP) is 5.03. The van der Waals surface area contributed by atoms with Gasteiger partial charge in [-0.2, -0.15) is 0 Å². The maximum atomic E-state index is 11.8. The summed E-state index contributed by atoms with van der Waals surface area (Å²) in [6.45, 7) is 8.46. The molecule has 5 aromatic rings. The Morgan fingerprint density at radius 2 is 1.22 bits per heavy atom. The van der Waals surface area contributed by atoms with Crippen LogP contribution >= 0.6 is 63.7 Å². The number of aromatic nitrogens is 5. The zero-order valence-corrected chi connectivity index (χ0v) is 52.1. The van der Waals surface area contributed by atoms with Gasteiger partial charge in [0.2, 0.25) is 0 Å². The number of aryl methyl sites for hydroxylation is 1. The van der Waals surface area contributed by atoms with Crippen LogP contribution in [0, 0.1) is 7.43 Å². The fraction of sp³-hybridized carbons (Fsp3) is 0.373. The van der Waals surface area contributed by atoms with Crippen LogP contribution in [0.25, 0.3) is 5.70 Å². The third-order valence-corrected chi connectivity index (χ3v) is 12.7. The molecule has 1 saturated heterocycles. The van der Waals surface area contributed by atoms with Crippen LogP contribution in [-0.4, -0.2) is 119 Å². The molecule has 72 heavy (non-hydrogen) atoms. The molecule has 0 saturated carbocycles. The van der Waals surface area contributed by atoms with Crippen LogP contribution in [0.4, 0.5) is 17.1 Å². The Labute approximate surface area is 491 Å². The van der Waals surface area contributed by atoms with Crippen molar-refractivity contribution in [3.05, 3.63) is 179 Å². The first-order valence-electron chi connectivity index (χ1n) is 22.6. The summed E-state index contributed by atoms with van der Waals surface area (Å²) in [4.78, 5) is 49.3. The van der Waals surface area contributed by atoms with Crippen LogP contribution in [0.1, 0.15) is 38.1 Å². The van der Waals surface area contributed by atoms with Crippen molar-refractivity contribution in [2.45, 2.75) is 38.1 Å². The number of nitrogens with zero attached hydrogens (tertiary/aromatic N) is 8. The fourth-order valence-electron chi connectivity index (χ4n) is 6.98. The molecular formula is C51H72Br4IN12O3Pd-. The fourth-order valence-corrected chi connectivity index (χ4v) is 9.04. The van der Waals surface area contributed by atoms with Crippen LogP contribution in [-0.2, 0) is 27.5 Å². The van der Waals surface area contributed by atoms with E-state index in [0.29, 0.717) is 11.4 Å². The summed E-state index contributed by atoms with van der Waals surface area (Å²) in [6.07, 6.45) is 24.8. The number of H-pyrrole nitrogens is 1. The molecule has 0 aromatic carbocycles. The molecule has 1 unspecified atom stereocenters. The third kappa shape index (κ3) is 28.0. The van der Waals surface area contributed by atoms with Crippen LogP contribution in [0.2, 0.25) is 0 Å². The van der Waals surface area contributed by atoms with E-state index >= 15 is 0 Å². The van der Waals surface area contributed by atoms with E-state index in [0.717, 1.165) is 73.2 Å². The summed E-state index contributed by atoms with van der Waals surface area (Å²) in [5.74, 6) is 0. The predicted molar refractivity (Wildman–Crippen MR) is 306 cm³/mol. The molecule has 4 aliphatic heterocycles. The van der Waals surface area contributed by atoms with Crippen molar-refractivity contribution in [3.8, 4) is 0 Å². The summed E-state index contributed by atoms with van der Waals surface area (Å²) in [5, 5.41) is 0. The van der Waals surface area contributed by atoms with Crippen molar-refractivity contribution in [1.29, 1.82) is 0 Å². The standard InChI is InChI=1S/C11H17N3O.C11H15N3O.2C6H10BrN.C6H7BrN.C5H4BrN.C5H6N2O.CH3.HI.Pd/c2*1-13-6-2-4-9(8-13)14-7-3-5-10(12)11(14)15;3*1-8-4-2-3-6(7)5-8;6-5-2-1-3-7-4-5;6-4-2-1-3-7-5(4)8;;;/h3,5,7,9H,2,4,6,8,12H2,1H3;3-5,7H,2,6,8,12H2,1H3;2*3H,2,4-5H2,1H3;2-5H,1H3;1-4H;1-3H,6H2,(H,7,8);1H3;1H;/q;;;;+1;;;-1;;/p-1. The molecule has 9 heterocycles. The minimum atomic E-state index is -0.229. The van der Waals surface area contributed by atoms with Gasteiger partial charge in [0.05, 0.1) is 21.5 Å². The number of pyridine rings is 5. The summed E-state index contributed by atoms with van der Waals surface area (Å²) >= 11 is 13.5. The van der Waals surface area contributed by atoms with Gasteiger partial charge < -0.3 is 77.8 Å². The molecule has 21 heteroatoms. The van der Waals surface area contributed by atoms with E-state index in [-0.39, 0.29) is 80.2 Å². The van der Waals surface area contributed by atoms with Gasteiger partial charge in [0.1, 0.15) is 7.05 Å². The summed E-state index contributed by atoms with van der Waals surface area (Å²) in [6, 6.07) is 18.2. The molecular weight excluding hydrogens is 1380 g/mol. The molecule has 0 bridgehead atoms. The number of piperidine rings is 1. The van der Waals surface area contributed by atoms with Gasteiger partial charge in [-0.25, -0.2) is 4.57 Å². The van der Waals surface area contributed by atoms with Gasteiger partial charge in [0, 0.05) is 128 Å². The average Bonchev–Trinajstić information content (AvgIpc) is 3.31. The van der Waals surface area contributed by atoms with Crippen molar-refractivity contribution < 1.29 is 49.0 Å². The Morgan fingerprint density at radius 1 is 0.667 bits per heavy atom. The van der Waals surface area contributed by atoms with Crippen LogP contribution in [0.15, 0.2) is 155 Å². The number of nitrogen functional groups attached to an aromatic ring is 3. The maximum Gasteiger partial charge on any atom is 0.277 e. The number of hydrogen-bond donors (Lipinski definition) is 4. The van der Waals surface area contributed by atoms with Crippen molar-refractivity contribution in [1.82, 2.24) is 38.7 Å². The number of aromatic amines is 1. The van der Waals surface area contributed by atoms with Gasteiger partial charge in [-0.3, -0.25) is 23.9 Å². The normalized spacial score (nSPS) is 16.4. The van der Waals surface area contributed by atoms with E-state index < -0.39 is 0 Å². The first kappa shape index (κ1) is 68.9. The summed E-state index contributed by atoms with van der Waals surface area (Å²) < 4.78 is 10.2. The average molecular weight is 1450 g/mol. The first-order chi connectivity index (χ1) is 32.9. The van der Waals surface area contributed by atoms with Crippen molar-refractivity contribution >= 4 is 86.5 Å². The number of anilines is 3. The van der Waals surface area contributed by atoms with E-state index in [4.69, 9.17) is 17.2 Å². The molecule has 1 atom stereocenters. The molecule has 0 aliphatic carbocycles. The van der Waals surface area contributed by atoms with Crippen LogP contribution in [0.3, 0.4) is 0 Å². The number of rotatable bonds is 2. The number of hydrogen-bond acceptors (Lipinski definition) is 11. The van der Waals surface area contributed by atoms with E-state index in [1.807, 2.05) is 67.6 Å². The molecule has 5 aromatic heterocycles. The number of likely N-dealkylation sites (tertiary alicyclic amines) is 1. The molecule has 1 fully saturated rings.